The molecule has 57 heavy (non-hydrogen) atoms. The van der Waals surface area contributed by atoms with Gasteiger partial charge in [0.05, 0.1) is 0 Å². The smallest absolute Gasteiger partial charge is 0.0483 e. The molecule has 0 amide bonds. The Hall–Kier alpha value is -6.42. The van der Waals surface area contributed by atoms with Crippen LogP contribution in [0.25, 0.3) is 16.7 Å². The van der Waals surface area contributed by atoms with E-state index < -0.39 is 0 Å². The molecule has 4 aliphatic rings. The van der Waals surface area contributed by atoms with Crippen LogP contribution in [0.5, 0.6) is 0 Å². The fraction of sp³-hybridized carbons (Fsp3) is 0.148. The van der Waals surface area contributed by atoms with Crippen LogP contribution in [0, 0.1) is 12.8 Å². The van der Waals surface area contributed by atoms with Crippen molar-refractivity contribution in [1.29, 1.82) is 0 Å². The molecule has 1 spiro atoms. The second kappa shape index (κ2) is 24.2. The number of rotatable bonds is 8. The summed E-state index contributed by atoms with van der Waals surface area (Å²) in [6, 6.07) is 25.3. The highest BCUT2D eigenvalue weighted by atomic mass is 14.6. The first-order valence-electron chi connectivity index (χ1n) is 19.5. The van der Waals surface area contributed by atoms with Crippen LogP contribution in [0.3, 0.4) is 0 Å². The highest BCUT2D eigenvalue weighted by Gasteiger charge is 2.46. The fourth-order valence-corrected chi connectivity index (χ4v) is 7.14. The number of allylic oxidation sites excluding steroid dienone is 24. The quantitative estimate of drug-likeness (QED) is 0.158. The zero-order chi connectivity index (χ0) is 41.5. The summed E-state index contributed by atoms with van der Waals surface area (Å²) in [4.78, 5) is 0. The minimum absolute atomic E-state index is 0.226. The summed E-state index contributed by atoms with van der Waals surface area (Å²) in [5.41, 5.74) is 28.7. The molecule has 3 nitrogen and oxygen atoms in total. The van der Waals surface area contributed by atoms with Crippen molar-refractivity contribution in [3.05, 3.63) is 253 Å². The Morgan fingerprint density at radius 2 is 1.49 bits per heavy atom. The van der Waals surface area contributed by atoms with Crippen molar-refractivity contribution < 1.29 is 0 Å². The van der Waals surface area contributed by atoms with Gasteiger partial charge in [-0.1, -0.05) is 200 Å². The lowest BCUT2D eigenvalue weighted by molar-refractivity contribution is 0.443. The van der Waals surface area contributed by atoms with E-state index in [9.17, 15) is 0 Å². The van der Waals surface area contributed by atoms with Gasteiger partial charge in [-0.25, -0.2) is 0 Å². The Bertz CT molecular complexity index is 2170. The Labute approximate surface area is 343 Å². The van der Waals surface area contributed by atoms with Crippen LogP contribution in [-0.2, 0) is 5.41 Å². The molecule has 0 saturated carbocycles. The first-order chi connectivity index (χ1) is 27.8. The van der Waals surface area contributed by atoms with Crippen molar-refractivity contribution in [2.24, 2.45) is 17.4 Å². The van der Waals surface area contributed by atoms with Gasteiger partial charge in [-0.15, -0.1) is 0 Å². The first kappa shape index (κ1) is 45.0. The fourth-order valence-electron chi connectivity index (χ4n) is 7.14. The van der Waals surface area contributed by atoms with Crippen LogP contribution >= 0.6 is 0 Å². The lowest BCUT2D eigenvalue weighted by atomic mass is 9.59. The van der Waals surface area contributed by atoms with Crippen LogP contribution in [-0.4, -0.2) is 7.05 Å². The Morgan fingerprint density at radius 3 is 2.12 bits per heavy atom. The molecule has 292 valence electrons. The average molecular weight is 752 g/mol. The third-order valence-corrected chi connectivity index (χ3v) is 9.67. The van der Waals surface area contributed by atoms with E-state index in [1.165, 1.54) is 51.6 Å². The maximum absolute atomic E-state index is 5.94. The molecule has 0 radical (unpaired) electrons. The van der Waals surface area contributed by atoms with E-state index in [-0.39, 0.29) is 5.41 Å². The Balaban J connectivity index is 0.000000281. The van der Waals surface area contributed by atoms with E-state index in [0.717, 1.165) is 23.4 Å². The van der Waals surface area contributed by atoms with Crippen molar-refractivity contribution >= 4 is 11.3 Å². The molecular formula is C54H61N3. The first-order valence-corrected chi connectivity index (χ1v) is 19.5. The molecule has 2 atom stereocenters. The van der Waals surface area contributed by atoms with E-state index >= 15 is 0 Å². The third kappa shape index (κ3) is 12.3. The highest BCUT2D eigenvalue weighted by molar-refractivity contribution is 5.84. The van der Waals surface area contributed by atoms with Crippen molar-refractivity contribution in [1.82, 2.24) is 0 Å². The zero-order valence-corrected chi connectivity index (χ0v) is 34.5. The molecule has 3 aromatic carbocycles. The van der Waals surface area contributed by atoms with Gasteiger partial charge >= 0.3 is 0 Å². The summed E-state index contributed by atoms with van der Waals surface area (Å²) >= 11 is 0. The van der Waals surface area contributed by atoms with E-state index in [4.69, 9.17) is 11.5 Å². The molecule has 2 unspecified atom stereocenters. The number of aryl methyl sites for hydroxylation is 1. The minimum atomic E-state index is -0.226. The topological polar surface area (TPSA) is 78.1 Å². The minimum Gasteiger partial charge on any atom is -0.399 e. The monoisotopic (exact) mass is 751 g/mol. The molecule has 4 aliphatic carbocycles. The van der Waals surface area contributed by atoms with Crippen molar-refractivity contribution in [3.8, 4) is 11.1 Å². The maximum atomic E-state index is 5.94. The number of hydrogen-bond donors (Lipinski definition) is 3. The van der Waals surface area contributed by atoms with E-state index in [2.05, 4.69) is 130 Å². The lowest BCUT2D eigenvalue weighted by Crippen LogP contribution is -2.37. The van der Waals surface area contributed by atoms with Crippen LogP contribution < -0.4 is 17.2 Å². The predicted octanol–water partition coefficient (Wildman–Crippen LogP) is 13.1. The van der Waals surface area contributed by atoms with E-state index in [1.54, 1.807) is 6.08 Å². The molecule has 3 heteroatoms. The number of benzene rings is 3. The second-order valence-corrected chi connectivity index (χ2v) is 13.4. The molecule has 0 heterocycles. The molecule has 0 aliphatic heterocycles. The van der Waals surface area contributed by atoms with Gasteiger partial charge < -0.3 is 17.2 Å². The summed E-state index contributed by atoms with van der Waals surface area (Å²) in [6.45, 7) is 16.1. The summed E-state index contributed by atoms with van der Waals surface area (Å²) < 4.78 is 0. The summed E-state index contributed by atoms with van der Waals surface area (Å²) in [5, 5.41) is 0. The molecule has 0 saturated heterocycles. The van der Waals surface area contributed by atoms with Gasteiger partial charge in [-0.3, -0.25) is 0 Å². The number of para-hydroxylation sites is 1. The number of anilines is 1. The number of nitrogens with two attached hydrogens (primary N) is 3. The highest BCUT2D eigenvalue weighted by Crippen LogP contribution is 2.55. The maximum Gasteiger partial charge on any atom is 0.0483 e. The summed E-state index contributed by atoms with van der Waals surface area (Å²) in [6.07, 6.45) is 44.5. The second-order valence-electron chi connectivity index (χ2n) is 13.4. The molecule has 7 rings (SSSR count). The van der Waals surface area contributed by atoms with Gasteiger partial charge in [0, 0.05) is 16.8 Å². The summed E-state index contributed by atoms with van der Waals surface area (Å²) in [7, 11) is 1.50. The van der Waals surface area contributed by atoms with Gasteiger partial charge in [0.2, 0.25) is 0 Å². The third-order valence-electron chi connectivity index (χ3n) is 9.67. The van der Waals surface area contributed by atoms with Gasteiger partial charge in [0.15, 0.2) is 0 Å². The van der Waals surface area contributed by atoms with Crippen molar-refractivity contribution in [3.63, 3.8) is 0 Å². The Morgan fingerprint density at radius 1 is 0.754 bits per heavy atom. The standard InChI is InChI=1S/C31H28.C16H21N.C6H7N.CH5N/c1-4-9-27-13-7-5-6-11-23(3)31(27)28-17-14-24(15-18-28)29-19-16-26(21-30(29)31)25-12-8-10-22(2)20-25;1-4-7-8-9-10-11-14-16(17)15(12-5-2)13-6-3;7-6-4-2-1-3-5-6;1-2/h4-17,19-21,28H,1,18H2,2-3H3;4-14H,2,17H2,1,3H3;1-5H,7H2;2H2,1H3/b6-5-,13-7-,23-11-,27-9-;7-4+,9-8-,11-10-,13-6-,15-12+,16-14-;;. The number of nitrogen functional groups attached to an aromatic ring is 1. The van der Waals surface area contributed by atoms with Gasteiger partial charge in [0.1, 0.15) is 0 Å². The van der Waals surface area contributed by atoms with Crippen LogP contribution in [0.4, 0.5) is 5.69 Å². The van der Waals surface area contributed by atoms with Gasteiger partial charge in [-0.2, -0.15) is 0 Å². The predicted molar refractivity (Wildman–Crippen MR) is 253 cm³/mol. The molecule has 6 N–H and O–H groups in total. The lowest BCUT2D eigenvalue weighted by Gasteiger charge is -2.43. The SMILES string of the molecule is C=C/C=C(\C=C/C)C(/N)=C/C=C\C=C/C=C/C.C=C/C=C1/C=C\C=C/C=C(/C)C12c1cc(-c3cccc(C)c3)ccc1C1=CCC2C=C1.CN.Nc1ccccc1. The molecule has 3 aromatic rings. The number of fused-ring (bicyclic) bond motifs is 1. The largest absolute Gasteiger partial charge is 0.399 e. The molecule has 0 fully saturated rings. The molecular weight excluding hydrogens is 691 g/mol. The van der Waals surface area contributed by atoms with Crippen LogP contribution in [0.2, 0.25) is 0 Å². The number of hydrogen-bond acceptors (Lipinski definition) is 3. The van der Waals surface area contributed by atoms with Crippen molar-refractivity contribution in [2.75, 3.05) is 12.8 Å². The van der Waals surface area contributed by atoms with Crippen LogP contribution in [0.1, 0.15) is 43.9 Å². The normalized spacial score (nSPS) is 21.2. The van der Waals surface area contributed by atoms with E-state index in [1.807, 2.05) is 111 Å². The van der Waals surface area contributed by atoms with Crippen molar-refractivity contribution in [2.45, 2.75) is 39.5 Å². The zero-order valence-electron chi connectivity index (χ0n) is 34.5. The van der Waals surface area contributed by atoms with Gasteiger partial charge in [-0.05, 0) is 110 Å². The average Bonchev–Trinajstić information content (AvgIpc) is 3.45. The Kier molecular flexibility index (Phi) is 19.1. The molecule has 0 aromatic heterocycles. The van der Waals surface area contributed by atoms with Gasteiger partial charge in [0.25, 0.3) is 0 Å². The molecule has 2 bridgehead atoms. The summed E-state index contributed by atoms with van der Waals surface area (Å²) in [5.74, 6) is 0.365. The van der Waals surface area contributed by atoms with Crippen LogP contribution in [0.15, 0.2) is 236 Å². The van der Waals surface area contributed by atoms with E-state index in [0.29, 0.717) is 5.92 Å².